The van der Waals surface area contributed by atoms with E-state index in [1.54, 1.807) is 21.1 Å². The van der Waals surface area contributed by atoms with Crippen LogP contribution < -0.4 is 11.1 Å². The summed E-state index contributed by atoms with van der Waals surface area (Å²) in [5, 5.41) is 6.76. The number of anilines is 2. The topological polar surface area (TPSA) is 105 Å². The predicted molar refractivity (Wildman–Crippen MR) is 185 cm³/mol. The summed E-state index contributed by atoms with van der Waals surface area (Å²) in [6.07, 6.45) is -0.798. The highest BCUT2D eigenvalue weighted by molar-refractivity contribution is 7.08. The van der Waals surface area contributed by atoms with Gasteiger partial charge in [-0.1, -0.05) is 11.6 Å². The van der Waals surface area contributed by atoms with E-state index in [0.717, 1.165) is 62.8 Å². The van der Waals surface area contributed by atoms with E-state index < -0.39 is 23.3 Å². The average molecular weight is 724 g/mol. The smallest absolute Gasteiger partial charge is 0.397 e. The lowest BCUT2D eigenvalue weighted by molar-refractivity contribution is -0.143. The van der Waals surface area contributed by atoms with E-state index in [-0.39, 0.29) is 47.3 Å². The summed E-state index contributed by atoms with van der Waals surface area (Å²) in [6.45, 7) is 5.97. The van der Waals surface area contributed by atoms with Crippen LogP contribution in [0, 0.1) is 5.92 Å². The van der Waals surface area contributed by atoms with Crippen LogP contribution in [0.5, 0.6) is 0 Å². The van der Waals surface area contributed by atoms with Crippen molar-refractivity contribution in [1.82, 2.24) is 24.5 Å². The molecule has 268 valence electrons. The number of fused-ring (bicyclic) bond motifs is 1. The first-order valence-corrected chi connectivity index (χ1v) is 18.5. The van der Waals surface area contributed by atoms with Crippen molar-refractivity contribution in [2.75, 3.05) is 77.0 Å². The second kappa shape index (κ2) is 15.0. The first kappa shape index (κ1) is 35.7. The number of halogens is 4. The number of piperidine rings is 2. The molecule has 3 fully saturated rings. The van der Waals surface area contributed by atoms with Gasteiger partial charge in [0.25, 0.3) is 0 Å². The molecule has 0 radical (unpaired) electrons. The minimum atomic E-state index is -4.72. The zero-order valence-electron chi connectivity index (χ0n) is 27.8. The number of amides is 4. The van der Waals surface area contributed by atoms with Crippen molar-refractivity contribution < 1.29 is 27.6 Å². The number of alkyl halides is 3. The molecule has 1 aromatic heterocycles. The van der Waals surface area contributed by atoms with Crippen LogP contribution in [0.2, 0.25) is 5.02 Å². The molecule has 3 N–H and O–H groups in total. The maximum atomic E-state index is 14.1. The van der Waals surface area contributed by atoms with E-state index in [0.29, 0.717) is 51.6 Å². The number of hydrogen-bond acceptors (Lipinski definition) is 7. The monoisotopic (exact) mass is 723 g/mol. The van der Waals surface area contributed by atoms with Gasteiger partial charge in [0.15, 0.2) is 0 Å². The van der Waals surface area contributed by atoms with E-state index in [2.05, 4.69) is 27.5 Å². The molecule has 0 spiro atoms. The van der Waals surface area contributed by atoms with E-state index in [9.17, 15) is 27.6 Å². The molecule has 0 bridgehead atoms. The van der Waals surface area contributed by atoms with Gasteiger partial charge < -0.3 is 30.7 Å². The summed E-state index contributed by atoms with van der Waals surface area (Å²) >= 11 is 7.71. The van der Waals surface area contributed by atoms with Gasteiger partial charge in [-0.2, -0.15) is 13.2 Å². The lowest BCUT2D eigenvalue weighted by Gasteiger charge is -2.43. The van der Waals surface area contributed by atoms with Gasteiger partial charge in [-0.15, -0.1) is 11.3 Å². The molecule has 3 saturated heterocycles. The van der Waals surface area contributed by atoms with Crippen LogP contribution in [0.3, 0.4) is 0 Å². The van der Waals surface area contributed by atoms with Crippen molar-refractivity contribution in [2.45, 2.75) is 63.2 Å². The number of carbonyl (C=O) groups is 3. The second-order valence-corrected chi connectivity index (χ2v) is 15.0. The lowest BCUT2D eigenvalue weighted by atomic mass is 9.91. The molecule has 2 aromatic rings. The summed E-state index contributed by atoms with van der Waals surface area (Å²) in [5.74, 6) is -1.32. The summed E-state index contributed by atoms with van der Waals surface area (Å²) in [7, 11) is 2.12. The Hall–Kier alpha value is -3.07. The number of likely N-dealkylation sites (tertiary alicyclic amines) is 2. The maximum absolute atomic E-state index is 14.1. The molecule has 10 nitrogen and oxygen atoms in total. The molecule has 4 aliphatic heterocycles. The number of benzene rings is 1. The summed E-state index contributed by atoms with van der Waals surface area (Å²) < 4.78 is 41.4. The Labute approximate surface area is 294 Å². The highest BCUT2D eigenvalue weighted by atomic mass is 35.5. The molecule has 15 heteroatoms. The van der Waals surface area contributed by atoms with E-state index in [1.165, 1.54) is 6.07 Å². The van der Waals surface area contributed by atoms with Gasteiger partial charge >= 0.3 is 12.2 Å². The van der Waals surface area contributed by atoms with Crippen LogP contribution in [0.4, 0.5) is 29.3 Å². The van der Waals surface area contributed by atoms with Crippen molar-refractivity contribution in [3.63, 3.8) is 0 Å². The molecule has 6 rings (SSSR count). The first-order valence-electron chi connectivity index (χ1n) is 17.1. The van der Waals surface area contributed by atoms with Gasteiger partial charge in [0, 0.05) is 69.7 Å². The van der Waals surface area contributed by atoms with Crippen LogP contribution >= 0.6 is 22.9 Å². The molecule has 1 aromatic carbocycles. The fourth-order valence-electron chi connectivity index (χ4n) is 7.75. The molecule has 5 heterocycles. The van der Waals surface area contributed by atoms with Crippen molar-refractivity contribution in [1.29, 1.82) is 0 Å². The quantitative estimate of drug-likeness (QED) is 0.396. The van der Waals surface area contributed by atoms with Gasteiger partial charge in [0.05, 0.1) is 27.9 Å². The Morgan fingerprint density at radius 3 is 2.31 bits per heavy atom. The van der Waals surface area contributed by atoms with Crippen molar-refractivity contribution in [3.05, 3.63) is 44.6 Å². The largest absolute Gasteiger partial charge is 0.418 e. The summed E-state index contributed by atoms with van der Waals surface area (Å²) in [4.78, 5) is 50.9. The fraction of sp³-hybridized carbons (Fsp3) is 0.618. The van der Waals surface area contributed by atoms with Crippen LogP contribution in [0.1, 0.15) is 48.8 Å². The van der Waals surface area contributed by atoms with Crippen LogP contribution in [-0.2, 0) is 28.6 Å². The highest BCUT2D eigenvalue weighted by Crippen LogP contribution is 2.38. The second-order valence-electron chi connectivity index (χ2n) is 13.8. The zero-order chi connectivity index (χ0) is 34.9. The number of carbonyl (C=O) groups excluding carboxylic acids is 3. The van der Waals surface area contributed by atoms with E-state index >= 15 is 0 Å². The number of nitrogen functional groups attached to an aromatic ring is 1. The number of piperazine rings is 1. The SMILES string of the molecule is CN1CCC(N2CCN(C(=O)[C@H](CC(=O)N3CCC(N4CCc5cscc5NC4=O)CC3)Cc3cc(Cl)c(N)c(C(F)(F)F)c3)CC2)CC1. The Kier molecular flexibility index (Phi) is 11.0. The number of urea groups is 1. The summed E-state index contributed by atoms with van der Waals surface area (Å²) in [5.41, 5.74) is 6.26. The van der Waals surface area contributed by atoms with Crippen LogP contribution in [-0.4, -0.2) is 120 Å². The highest BCUT2D eigenvalue weighted by Gasteiger charge is 2.37. The van der Waals surface area contributed by atoms with E-state index in [1.807, 2.05) is 10.3 Å². The van der Waals surface area contributed by atoms with Crippen molar-refractivity contribution >= 4 is 52.2 Å². The summed E-state index contributed by atoms with van der Waals surface area (Å²) in [6, 6.07) is 2.63. The van der Waals surface area contributed by atoms with Gasteiger partial charge in [-0.3, -0.25) is 14.5 Å². The van der Waals surface area contributed by atoms with Gasteiger partial charge in [0.1, 0.15) is 0 Å². The number of nitrogens with two attached hydrogens (primary N) is 1. The Bertz CT molecular complexity index is 1520. The van der Waals surface area contributed by atoms with Gasteiger partial charge in [0.2, 0.25) is 11.8 Å². The molecule has 0 unspecified atom stereocenters. The van der Waals surface area contributed by atoms with Gasteiger partial charge in [-0.05, 0) is 87.3 Å². The normalized spacial score (nSPS) is 21.3. The third-order valence-electron chi connectivity index (χ3n) is 10.7. The van der Waals surface area contributed by atoms with E-state index in [4.69, 9.17) is 17.3 Å². The third-order valence-corrected chi connectivity index (χ3v) is 11.8. The van der Waals surface area contributed by atoms with Gasteiger partial charge in [-0.25, -0.2) is 4.79 Å². The standard InChI is InChI=1S/C34H45ClF3N7O3S/c1-41-7-3-25(4-8-41)42-12-14-44(15-13-42)32(47)24(16-22-17-27(34(36,37)38)31(39)28(35)18-22)19-30(46)43-9-5-26(6-10-43)45-11-2-23-20-49-21-29(23)40-33(45)48/h17-18,20-21,24-26H,2-16,19,39H2,1H3,(H,40,48)/t24-/m0/s1. The predicted octanol–water partition coefficient (Wildman–Crippen LogP) is 4.87. The number of hydrogen-bond donors (Lipinski definition) is 2. The molecule has 0 saturated carbocycles. The Morgan fingerprint density at radius 1 is 0.959 bits per heavy atom. The molecule has 4 amide bonds. The number of nitrogens with one attached hydrogen (secondary N) is 1. The minimum absolute atomic E-state index is 0.0206. The number of rotatable bonds is 7. The Balaban J connectivity index is 1.12. The third kappa shape index (κ3) is 8.29. The number of nitrogens with zero attached hydrogens (tertiary/aromatic N) is 5. The Morgan fingerprint density at radius 2 is 1.63 bits per heavy atom. The van der Waals surface area contributed by atoms with Crippen molar-refractivity contribution in [3.8, 4) is 0 Å². The van der Waals surface area contributed by atoms with Crippen LogP contribution in [0.25, 0.3) is 0 Å². The first-order chi connectivity index (χ1) is 23.4. The van der Waals surface area contributed by atoms with Crippen LogP contribution in [0.15, 0.2) is 22.9 Å². The molecule has 4 aliphatic rings. The fourth-order valence-corrected chi connectivity index (χ4v) is 8.82. The lowest BCUT2D eigenvalue weighted by Crippen LogP contribution is -2.55. The molecule has 0 aliphatic carbocycles. The average Bonchev–Trinajstić information content (AvgIpc) is 3.45. The minimum Gasteiger partial charge on any atom is -0.397 e. The van der Waals surface area contributed by atoms with Crippen molar-refractivity contribution in [2.24, 2.45) is 5.92 Å². The molecule has 1 atom stereocenters. The molecule has 49 heavy (non-hydrogen) atoms. The zero-order valence-corrected chi connectivity index (χ0v) is 29.4. The molecular formula is C34H45ClF3N7O3S. The molecular weight excluding hydrogens is 679 g/mol. The number of thiophene rings is 1. The maximum Gasteiger partial charge on any atom is 0.418 e.